The van der Waals surface area contributed by atoms with Gasteiger partial charge in [0.05, 0.1) is 4.90 Å². The first-order chi connectivity index (χ1) is 9.78. The summed E-state index contributed by atoms with van der Waals surface area (Å²) in [6, 6.07) is 2.06. The molecule has 0 spiro atoms. The van der Waals surface area contributed by atoms with Crippen LogP contribution in [0.25, 0.3) is 0 Å². The smallest absolute Gasteiger partial charge is 0.243 e. The van der Waals surface area contributed by atoms with Crippen LogP contribution in [0, 0.1) is 33.6 Å². The number of hydrogen-bond donors (Lipinski definition) is 1. The van der Waals surface area contributed by atoms with Crippen molar-refractivity contribution >= 4 is 10.0 Å². The normalized spacial score (nSPS) is 18.1. The molecule has 1 aromatic carbocycles. The molecule has 1 aliphatic heterocycles. The van der Waals surface area contributed by atoms with Crippen LogP contribution < -0.4 is 5.73 Å². The molecule has 0 aliphatic carbocycles. The molecule has 4 nitrogen and oxygen atoms in total. The Morgan fingerprint density at radius 3 is 2.00 bits per heavy atom. The summed E-state index contributed by atoms with van der Waals surface area (Å²) < 4.78 is 27.7. The molecule has 118 valence electrons. The quantitative estimate of drug-likeness (QED) is 0.931. The number of aryl methyl sites for hydroxylation is 2. The number of sulfonamides is 1. The Morgan fingerprint density at radius 1 is 1.10 bits per heavy atom. The molecule has 0 unspecified atom stereocenters. The lowest BCUT2D eigenvalue weighted by molar-refractivity contribution is 0.278. The van der Waals surface area contributed by atoms with Gasteiger partial charge in [-0.15, -0.1) is 0 Å². The summed E-state index contributed by atoms with van der Waals surface area (Å²) in [6.45, 7) is 9.56. The first-order valence-electron chi connectivity index (χ1n) is 7.56. The summed E-state index contributed by atoms with van der Waals surface area (Å²) in [6.07, 6.45) is 1.72. The van der Waals surface area contributed by atoms with E-state index in [2.05, 4.69) is 6.07 Å². The van der Waals surface area contributed by atoms with Crippen LogP contribution in [0.1, 0.15) is 35.1 Å². The van der Waals surface area contributed by atoms with E-state index in [1.54, 1.807) is 4.31 Å². The van der Waals surface area contributed by atoms with Gasteiger partial charge in [0, 0.05) is 13.1 Å². The molecule has 1 aromatic rings. The minimum atomic E-state index is -3.41. The molecule has 1 heterocycles. The number of nitrogens with zero attached hydrogens (tertiary/aromatic N) is 1. The van der Waals surface area contributed by atoms with Crippen LogP contribution >= 0.6 is 0 Å². The Labute approximate surface area is 128 Å². The van der Waals surface area contributed by atoms with Gasteiger partial charge in [0.1, 0.15) is 0 Å². The molecule has 5 heteroatoms. The minimum absolute atomic E-state index is 0.456. The van der Waals surface area contributed by atoms with E-state index in [-0.39, 0.29) is 0 Å². The molecule has 1 saturated heterocycles. The van der Waals surface area contributed by atoms with Crippen molar-refractivity contribution in [3.8, 4) is 0 Å². The molecule has 0 amide bonds. The first-order valence-corrected chi connectivity index (χ1v) is 9.00. The van der Waals surface area contributed by atoms with Crippen molar-refractivity contribution in [3.63, 3.8) is 0 Å². The maximum absolute atomic E-state index is 13.0. The highest BCUT2D eigenvalue weighted by Gasteiger charge is 2.31. The summed E-state index contributed by atoms with van der Waals surface area (Å²) in [5.41, 5.74) is 9.51. The van der Waals surface area contributed by atoms with Gasteiger partial charge in [0.25, 0.3) is 0 Å². The number of piperidine rings is 1. The number of nitrogens with two attached hydrogens (primary N) is 1. The van der Waals surface area contributed by atoms with Crippen molar-refractivity contribution in [2.75, 3.05) is 19.6 Å². The van der Waals surface area contributed by atoms with Crippen molar-refractivity contribution in [1.82, 2.24) is 4.31 Å². The molecule has 0 atom stereocenters. The number of hydrogen-bond acceptors (Lipinski definition) is 3. The van der Waals surface area contributed by atoms with Crippen molar-refractivity contribution in [1.29, 1.82) is 0 Å². The lowest BCUT2D eigenvalue weighted by atomic mass is 9.99. The zero-order valence-corrected chi connectivity index (χ0v) is 14.3. The van der Waals surface area contributed by atoms with E-state index in [1.165, 1.54) is 0 Å². The average molecular weight is 310 g/mol. The topological polar surface area (TPSA) is 63.4 Å². The van der Waals surface area contributed by atoms with Gasteiger partial charge in [-0.25, -0.2) is 8.42 Å². The van der Waals surface area contributed by atoms with E-state index in [9.17, 15) is 8.42 Å². The largest absolute Gasteiger partial charge is 0.330 e. The fraction of sp³-hybridized carbons (Fsp3) is 0.625. The summed E-state index contributed by atoms with van der Waals surface area (Å²) in [4.78, 5) is 0.506. The van der Waals surface area contributed by atoms with Gasteiger partial charge < -0.3 is 5.73 Å². The molecule has 0 aromatic heterocycles. The third-order valence-electron chi connectivity index (χ3n) is 4.80. The molecular formula is C16H26N2O2S. The lowest BCUT2D eigenvalue weighted by Crippen LogP contribution is -2.40. The van der Waals surface area contributed by atoms with E-state index in [1.807, 2.05) is 27.7 Å². The van der Waals surface area contributed by atoms with Gasteiger partial charge in [-0.2, -0.15) is 4.31 Å². The molecule has 0 radical (unpaired) electrons. The van der Waals surface area contributed by atoms with E-state index in [0.717, 1.165) is 35.1 Å². The monoisotopic (exact) mass is 310 g/mol. The predicted molar refractivity (Wildman–Crippen MR) is 85.9 cm³/mol. The zero-order valence-electron chi connectivity index (χ0n) is 13.4. The first kappa shape index (κ1) is 16.5. The van der Waals surface area contributed by atoms with E-state index in [4.69, 9.17) is 5.73 Å². The van der Waals surface area contributed by atoms with Crippen molar-refractivity contribution in [2.24, 2.45) is 11.7 Å². The molecular weight excluding hydrogens is 284 g/mol. The summed E-state index contributed by atoms with van der Waals surface area (Å²) in [7, 11) is -3.41. The molecule has 0 saturated carbocycles. The van der Waals surface area contributed by atoms with Gasteiger partial charge in [0.2, 0.25) is 10.0 Å². The summed E-state index contributed by atoms with van der Waals surface area (Å²) >= 11 is 0. The highest BCUT2D eigenvalue weighted by molar-refractivity contribution is 7.89. The Balaban J connectivity index is 2.42. The van der Waals surface area contributed by atoms with Gasteiger partial charge in [0.15, 0.2) is 0 Å². The molecule has 2 rings (SSSR count). The van der Waals surface area contributed by atoms with Gasteiger partial charge in [-0.1, -0.05) is 6.07 Å². The van der Waals surface area contributed by atoms with Crippen LogP contribution in [0.2, 0.25) is 0 Å². The highest BCUT2D eigenvalue weighted by atomic mass is 32.2. The Bertz CT molecular complexity index is 604. The molecule has 2 N–H and O–H groups in total. The van der Waals surface area contributed by atoms with Crippen molar-refractivity contribution in [3.05, 3.63) is 28.3 Å². The number of benzene rings is 1. The third-order valence-corrected chi connectivity index (χ3v) is 6.98. The van der Waals surface area contributed by atoms with Gasteiger partial charge in [-0.3, -0.25) is 0 Å². The molecule has 21 heavy (non-hydrogen) atoms. The number of rotatable bonds is 3. The molecule has 1 aliphatic rings. The maximum Gasteiger partial charge on any atom is 0.243 e. The van der Waals surface area contributed by atoms with E-state index in [0.29, 0.717) is 30.4 Å². The SMILES string of the molecule is Cc1cc(C)c(C)c(S(=O)(=O)N2CCC(CN)CC2)c1C. The molecule has 0 bridgehead atoms. The third kappa shape index (κ3) is 3.00. The summed E-state index contributed by atoms with van der Waals surface area (Å²) in [5, 5.41) is 0. The van der Waals surface area contributed by atoms with E-state index >= 15 is 0 Å². The van der Waals surface area contributed by atoms with Crippen LogP contribution in [-0.2, 0) is 10.0 Å². The van der Waals surface area contributed by atoms with Gasteiger partial charge >= 0.3 is 0 Å². The fourth-order valence-corrected chi connectivity index (χ4v) is 5.13. The Kier molecular flexibility index (Phi) is 4.76. The van der Waals surface area contributed by atoms with Crippen LogP contribution in [0.4, 0.5) is 0 Å². The van der Waals surface area contributed by atoms with Crippen LogP contribution in [-0.4, -0.2) is 32.4 Å². The second-order valence-electron chi connectivity index (χ2n) is 6.17. The summed E-state index contributed by atoms with van der Waals surface area (Å²) in [5.74, 6) is 0.456. The fourth-order valence-electron chi connectivity index (χ4n) is 3.08. The highest BCUT2D eigenvalue weighted by Crippen LogP contribution is 2.30. The van der Waals surface area contributed by atoms with Crippen molar-refractivity contribution in [2.45, 2.75) is 45.4 Å². The maximum atomic E-state index is 13.0. The van der Waals surface area contributed by atoms with Crippen molar-refractivity contribution < 1.29 is 8.42 Å². The minimum Gasteiger partial charge on any atom is -0.330 e. The van der Waals surface area contributed by atoms with E-state index < -0.39 is 10.0 Å². The molecule has 1 fully saturated rings. The van der Waals surface area contributed by atoms with Crippen LogP contribution in [0.3, 0.4) is 0 Å². The Hall–Kier alpha value is -0.910. The predicted octanol–water partition coefficient (Wildman–Crippen LogP) is 2.28. The zero-order chi connectivity index (χ0) is 15.8. The lowest BCUT2D eigenvalue weighted by Gasteiger charge is -2.31. The second-order valence-corrected chi connectivity index (χ2v) is 8.05. The van der Waals surface area contributed by atoms with Gasteiger partial charge in [-0.05, 0) is 75.3 Å². The van der Waals surface area contributed by atoms with Crippen LogP contribution in [0.5, 0.6) is 0 Å². The average Bonchev–Trinajstić information content (AvgIpc) is 2.45. The second kappa shape index (κ2) is 6.07. The van der Waals surface area contributed by atoms with Crippen LogP contribution in [0.15, 0.2) is 11.0 Å². The standard InChI is InChI=1S/C16H26N2O2S/c1-11-9-12(2)14(4)16(13(11)3)21(19,20)18-7-5-15(10-17)6-8-18/h9,15H,5-8,10,17H2,1-4H3. The Morgan fingerprint density at radius 2 is 1.57 bits per heavy atom.